The Bertz CT molecular complexity index is 204. The first-order valence-corrected chi connectivity index (χ1v) is 5.47. The molecule has 14 heavy (non-hydrogen) atoms. The summed E-state index contributed by atoms with van der Waals surface area (Å²) in [7, 11) is 0. The maximum Gasteiger partial charge on any atom is -0.0167 e. The van der Waals surface area contributed by atoms with E-state index in [-0.39, 0.29) is 0 Å². The van der Waals surface area contributed by atoms with Crippen molar-refractivity contribution >= 4 is 0 Å². The van der Waals surface area contributed by atoms with Crippen LogP contribution in [0.5, 0.6) is 0 Å². The van der Waals surface area contributed by atoms with Crippen molar-refractivity contribution in [3.05, 3.63) is 55.0 Å². The Kier molecular flexibility index (Phi) is 6.74. The van der Waals surface area contributed by atoms with Crippen LogP contribution in [0.2, 0.25) is 0 Å². The summed E-state index contributed by atoms with van der Waals surface area (Å²) >= 11 is 0. The summed E-state index contributed by atoms with van der Waals surface area (Å²) < 4.78 is 0. The van der Waals surface area contributed by atoms with E-state index in [0.717, 1.165) is 12.8 Å². The lowest BCUT2D eigenvalue weighted by atomic mass is 10.1. The third kappa shape index (κ3) is 6.47. The molecule has 0 unspecified atom stereocenters. The molecule has 0 fully saturated rings. The molecule has 0 saturated heterocycles. The predicted octanol–water partition coefficient (Wildman–Crippen LogP) is 4.38. The van der Waals surface area contributed by atoms with Crippen LogP contribution in [0.15, 0.2) is 48.6 Å². The minimum absolute atomic E-state index is 1.14. The molecule has 0 heteroatoms. The second-order valence-electron chi connectivity index (χ2n) is 3.41. The molecular formula is C14H19. The van der Waals surface area contributed by atoms with Gasteiger partial charge in [-0.25, -0.2) is 0 Å². The number of hydrogen-bond donors (Lipinski definition) is 0. The van der Waals surface area contributed by atoms with Crippen LogP contribution in [-0.2, 0) is 0 Å². The third-order valence-corrected chi connectivity index (χ3v) is 2.12. The summed E-state index contributed by atoms with van der Waals surface area (Å²) in [5.41, 5.74) is 0. The van der Waals surface area contributed by atoms with Crippen LogP contribution in [0.1, 0.15) is 32.1 Å². The molecule has 0 aromatic heterocycles. The van der Waals surface area contributed by atoms with Gasteiger partial charge in [-0.15, -0.1) is 0 Å². The molecule has 1 rings (SSSR count). The fourth-order valence-corrected chi connectivity index (χ4v) is 1.31. The van der Waals surface area contributed by atoms with Crippen molar-refractivity contribution in [3.8, 4) is 0 Å². The normalized spacial score (nSPS) is 19.4. The van der Waals surface area contributed by atoms with Crippen LogP contribution in [0.4, 0.5) is 0 Å². The number of hydrogen-bond acceptors (Lipinski definition) is 0. The SMILES string of the molecule is [CH]1C=CCCCC=CC=CC=CCC1. The maximum atomic E-state index is 2.26. The first-order chi connectivity index (χ1) is 7.00. The molecular weight excluding hydrogens is 168 g/mol. The molecule has 0 aliphatic heterocycles. The first-order valence-electron chi connectivity index (χ1n) is 5.47. The summed E-state index contributed by atoms with van der Waals surface area (Å²) in [6.45, 7) is 0. The van der Waals surface area contributed by atoms with Gasteiger partial charge in [0.2, 0.25) is 0 Å². The van der Waals surface area contributed by atoms with E-state index < -0.39 is 0 Å². The Hall–Kier alpha value is -1.04. The minimum atomic E-state index is 1.14. The fraction of sp³-hybridized carbons (Fsp3) is 0.357. The van der Waals surface area contributed by atoms with Gasteiger partial charge < -0.3 is 0 Å². The molecule has 0 aromatic rings. The lowest BCUT2D eigenvalue weighted by Crippen LogP contribution is -1.73. The van der Waals surface area contributed by atoms with Gasteiger partial charge in [0.25, 0.3) is 0 Å². The van der Waals surface area contributed by atoms with Crippen LogP contribution in [0.25, 0.3) is 0 Å². The highest BCUT2D eigenvalue weighted by molar-refractivity contribution is 5.11. The monoisotopic (exact) mass is 187 g/mol. The predicted molar refractivity (Wildman–Crippen MR) is 63.9 cm³/mol. The van der Waals surface area contributed by atoms with Crippen LogP contribution in [0.3, 0.4) is 0 Å². The second-order valence-corrected chi connectivity index (χ2v) is 3.41. The molecule has 1 aliphatic carbocycles. The molecule has 0 N–H and O–H groups in total. The summed E-state index contributed by atoms with van der Waals surface area (Å²) in [5, 5.41) is 0. The standard InChI is InChI=1S/C14H19/c1-2-4-6-8-10-12-14-13-11-9-7-5-3-1/h1-6,11,13-14H,7-10,12H2. The summed E-state index contributed by atoms with van der Waals surface area (Å²) in [5.74, 6) is 0. The van der Waals surface area contributed by atoms with Gasteiger partial charge in [0, 0.05) is 0 Å². The topological polar surface area (TPSA) is 0 Å². The van der Waals surface area contributed by atoms with Crippen LogP contribution < -0.4 is 0 Å². The largest absolute Gasteiger partial charge is 0.0882 e. The number of rotatable bonds is 0. The molecule has 0 saturated carbocycles. The molecule has 1 aliphatic rings. The molecule has 0 nitrogen and oxygen atoms in total. The lowest BCUT2D eigenvalue weighted by molar-refractivity contribution is 0.865. The van der Waals surface area contributed by atoms with Crippen molar-refractivity contribution in [1.29, 1.82) is 0 Å². The lowest BCUT2D eigenvalue weighted by Gasteiger charge is -1.92. The van der Waals surface area contributed by atoms with E-state index >= 15 is 0 Å². The van der Waals surface area contributed by atoms with Crippen molar-refractivity contribution in [2.45, 2.75) is 32.1 Å². The molecule has 0 spiro atoms. The molecule has 0 aromatic carbocycles. The summed E-state index contributed by atoms with van der Waals surface area (Å²) in [6.07, 6.45) is 25.5. The van der Waals surface area contributed by atoms with E-state index in [2.05, 4.69) is 55.0 Å². The van der Waals surface area contributed by atoms with E-state index in [0.29, 0.717) is 0 Å². The van der Waals surface area contributed by atoms with E-state index in [1.807, 2.05) is 0 Å². The van der Waals surface area contributed by atoms with Crippen LogP contribution >= 0.6 is 0 Å². The Balaban J connectivity index is 2.35. The maximum absolute atomic E-state index is 2.26. The Morgan fingerprint density at radius 3 is 1.93 bits per heavy atom. The minimum Gasteiger partial charge on any atom is -0.0882 e. The summed E-state index contributed by atoms with van der Waals surface area (Å²) in [6, 6.07) is 0. The van der Waals surface area contributed by atoms with Crippen molar-refractivity contribution in [2.24, 2.45) is 0 Å². The summed E-state index contributed by atoms with van der Waals surface area (Å²) in [4.78, 5) is 0. The zero-order valence-corrected chi connectivity index (χ0v) is 8.73. The number of allylic oxidation sites excluding steroid dienone is 8. The smallest absolute Gasteiger partial charge is 0.0167 e. The average molecular weight is 187 g/mol. The van der Waals surface area contributed by atoms with Gasteiger partial charge in [-0.05, 0) is 38.5 Å². The Morgan fingerprint density at radius 2 is 1.14 bits per heavy atom. The van der Waals surface area contributed by atoms with Gasteiger partial charge in [-0.3, -0.25) is 0 Å². The zero-order chi connectivity index (χ0) is 9.90. The van der Waals surface area contributed by atoms with Crippen LogP contribution in [-0.4, -0.2) is 0 Å². The van der Waals surface area contributed by atoms with E-state index in [1.165, 1.54) is 19.3 Å². The highest BCUT2D eigenvalue weighted by Crippen LogP contribution is 2.02. The quantitative estimate of drug-likeness (QED) is 0.528. The molecule has 0 heterocycles. The average Bonchev–Trinajstić information content (AvgIpc) is 2.22. The van der Waals surface area contributed by atoms with Gasteiger partial charge in [0.15, 0.2) is 0 Å². The fourth-order valence-electron chi connectivity index (χ4n) is 1.31. The van der Waals surface area contributed by atoms with Gasteiger partial charge in [0.05, 0.1) is 0 Å². The zero-order valence-electron chi connectivity index (χ0n) is 8.73. The highest BCUT2D eigenvalue weighted by Gasteiger charge is 1.83. The molecule has 0 amide bonds. The third-order valence-electron chi connectivity index (χ3n) is 2.12. The highest BCUT2D eigenvalue weighted by atomic mass is 13.9. The van der Waals surface area contributed by atoms with Gasteiger partial charge in [-0.1, -0.05) is 48.6 Å². The van der Waals surface area contributed by atoms with Crippen molar-refractivity contribution in [1.82, 2.24) is 0 Å². The van der Waals surface area contributed by atoms with Crippen LogP contribution in [0, 0.1) is 6.42 Å². The van der Waals surface area contributed by atoms with Gasteiger partial charge in [-0.2, -0.15) is 0 Å². The molecule has 0 atom stereocenters. The molecule has 1 radical (unpaired) electrons. The van der Waals surface area contributed by atoms with Crippen molar-refractivity contribution in [3.63, 3.8) is 0 Å². The van der Waals surface area contributed by atoms with Gasteiger partial charge >= 0.3 is 0 Å². The van der Waals surface area contributed by atoms with E-state index in [4.69, 9.17) is 0 Å². The van der Waals surface area contributed by atoms with Crippen molar-refractivity contribution in [2.75, 3.05) is 0 Å². The van der Waals surface area contributed by atoms with Crippen molar-refractivity contribution < 1.29 is 0 Å². The Labute approximate surface area is 87.7 Å². The second kappa shape index (κ2) is 8.55. The first kappa shape index (κ1) is 11.0. The molecule has 75 valence electrons. The Morgan fingerprint density at radius 1 is 0.500 bits per heavy atom. The van der Waals surface area contributed by atoms with E-state index in [9.17, 15) is 0 Å². The van der Waals surface area contributed by atoms with Gasteiger partial charge in [0.1, 0.15) is 0 Å². The molecule has 0 bridgehead atoms. The van der Waals surface area contributed by atoms with E-state index in [1.54, 1.807) is 0 Å².